The Morgan fingerprint density at radius 1 is 1.00 bits per heavy atom. The maximum atomic E-state index is 6.36. The Morgan fingerprint density at radius 2 is 1.78 bits per heavy atom. The molecule has 1 aliphatic heterocycles. The average Bonchev–Trinajstić information content (AvgIpc) is 3.31. The molecule has 36 heavy (non-hydrogen) atoms. The number of halogens is 1. The Bertz CT molecular complexity index is 1400. The monoisotopic (exact) mass is 516 g/mol. The number of hydrogen-bond donors (Lipinski definition) is 1. The van der Waals surface area contributed by atoms with E-state index >= 15 is 0 Å². The lowest BCUT2D eigenvalue weighted by atomic mass is 9.93. The fourth-order valence-corrected chi connectivity index (χ4v) is 5.75. The van der Waals surface area contributed by atoms with Gasteiger partial charge in [-0.3, -0.25) is 4.98 Å². The molecule has 3 heterocycles. The highest BCUT2D eigenvalue weighted by Crippen LogP contribution is 2.44. The fraction of sp³-hybridized carbons (Fsp3) is 0.241. The molecular formula is C29H29ClN4OS. The van der Waals surface area contributed by atoms with E-state index in [2.05, 4.69) is 59.8 Å². The van der Waals surface area contributed by atoms with Crippen molar-refractivity contribution in [3.05, 3.63) is 112 Å². The van der Waals surface area contributed by atoms with Crippen LogP contribution in [0.25, 0.3) is 5.69 Å². The first-order valence-corrected chi connectivity index (χ1v) is 12.7. The molecule has 0 spiro atoms. The first-order chi connectivity index (χ1) is 17.4. The number of hydrogen-bond acceptors (Lipinski definition) is 3. The normalized spacial score (nSPS) is 17.4. The summed E-state index contributed by atoms with van der Waals surface area (Å²) in [5, 5.41) is 5.02. The van der Waals surface area contributed by atoms with Gasteiger partial charge in [0.15, 0.2) is 5.11 Å². The quantitative estimate of drug-likeness (QED) is 0.291. The van der Waals surface area contributed by atoms with E-state index in [0.29, 0.717) is 6.54 Å². The molecule has 0 amide bonds. The lowest BCUT2D eigenvalue weighted by Crippen LogP contribution is -2.29. The van der Waals surface area contributed by atoms with Crippen LogP contribution >= 0.6 is 23.8 Å². The largest absolute Gasteiger partial charge is 0.497 e. The van der Waals surface area contributed by atoms with Gasteiger partial charge in [-0.1, -0.05) is 35.9 Å². The molecule has 7 heteroatoms. The van der Waals surface area contributed by atoms with E-state index in [4.69, 9.17) is 33.5 Å². The Balaban J connectivity index is 1.64. The Kier molecular flexibility index (Phi) is 6.73. The summed E-state index contributed by atoms with van der Waals surface area (Å²) in [7, 11) is 1.68. The SMILES string of the molecule is COc1ccc(CN2C(=S)N[C@@H](c3ccccn3)[C@H]2c2c(C)c(C)n(-c3cccc(Cl)c3)c2C)cc1. The highest BCUT2D eigenvalue weighted by molar-refractivity contribution is 7.80. The topological polar surface area (TPSA) is 42.3 Å². The lowest BCUT2D eigenvalue weighted by Gasteiger charge is -2.29. The van der Waals surface area contributed by atoms with Crippen molar-refractivity contribution < 1.29 is 4.74 Å². The van der Waals surface area contributed by atoms with Gasteiger partial charge in [-0.05, 0) is 86.6 Å². The highest BCUT2D eigenvalue weighted by Gasteiger charge is 2.42. The van der Waals surface area contributed by atoms with Crippen LogP contribution in [0.4, 0.5) is 0 Å². The Morgan fingerprint density at radius 3 is 2.44 bits per heavy atom. The summed E-state index contributed by atoms with van der Waals surface area (Å²) in [5.74, 6) is 0.838. The second kappa shape index (κ2) is 9.96. The van der Waals surface area contributed by atoms with E-state index in [1.54, 1.807) is 7.11 Å². The van der Waals surface area contributed by atoms with Crippen LogP contribution in [-0.4, -0.2) is 26.7 Å². The predicted molar refractivity (Wildman–Crippen MR) is 149 cm³/mol. The minimum atomic E-state index is -0.0797. The third-order valence-electron chi connectivity index (χ3n) is 7.08. The van der Waals surface area contributed by atoms with Gasteiger partial charge in [-0.2, -0.15) is 0 Å². The summed E-state index contributed by atoms with van der Waals surface area (Å²) in [6, 6.07) is 22.1. The molecule has 2 aromatic heterocycles. The molecule has 1 N–H and O–H groups in total. The van der Waals surface area contributed by atoms with Crippen LogP contribution in [0, 0.1) is 20.8 Å². The number of methoxy groups -OCH3 is 1. The molecule has 1 saturated heterocycles. The molecule has 0 bridgehead atoms. The molecule has 2 aromatic carbocycles. The Labute approximate surface area is 222 Å². The molecule has 1 fully saturated rings. The number of nitrogens with one attached hydrogen (secondary N) is 1. The van der Waals surface area contributed by atoms with Gasteiger partial charge in [0.2, 0.25) is 0 Å². The van der Waals surface area contributed by atoms with Crippen molar-refractivity contribution in [1.82, 2.24) is 19.8 Å². The van der Waals surface area contributed by atoms with Crippen LogP contribution in [-0.2, 0) is 6.54 Å². The van der Waals surface area contributed by atoms with Gasteiger partial charge >= 0.3 is 0 Å². The molecule has 0 radical (unpaired) electrons. The number of nitrogens with zero attached hydrogens (tertiary/aromatic N) is 3. The number of ether oxygens (including phenoxy) is 1. The third kappa shape index (κ3) is 4.36. The van der Waals surface area contributed by atoms with Crippen molar-refractivity contribution in [2.24, 2.45) is 0 Å². The van der Waals surface area contributed by atoms with E-state index in [1.807, 2.05) is 48.7 Å². The summed E-state index contributed by atoms with van der Waals surface area (Å²) in [5.41, 5.74) is 8.03. The van der Waals surface area contributed by atoms with E-state index in [1.165, 1.54) is 22.5 Å². The number of thiocarbonyl (C=S) groups is 1. The smallest absolute Gasteiger partial charge is 0.170 e. The molecule has 1 aliphatic rings. The zero-order chi connectivity index (χ0) is 25.4. The average molecular weight is 517 g/mol. The maximum Gasteiger partial charge on any atom is 0.170 e. The maximum absolute atomic E-state index is 6.36. The van der Waals surface area contributed by atoms with E-state index in [9.17, 15) is 0 Å². The van der Waals surface area contributed by atoms with Gasteiger partial charge in [0.25, 0.3) is 0 Å². The van der Waals surface area contributed by atoms with Gasteiger partial charge in [0.1, 0.15) is 5.75 Å². The molecule has 5 rings (SSSR count). The summed E-state index contributed by atoms with van der Waals surface area (Å²) < 4.78 is 7.64. The van der Waals surface area contributed by atoms with Crippen LogP contribution < -0.4 is 10.1 Å². The van der Waals surface area contributed by atoms with E-state index < -0.39 is 0 Å². The fourth-order valence-electron chi connectivity index (χ4n) is 5.26. The second-order valence-corrected chi connectivity index (χ2v) is 9.95. The van der Waals surface area contributed by atoms with Crippen molar-refractivity contribution in [3.63, 3.8) is 0 Å². The van der Waals surface area contributed by atoms with Crippen LogP contribution in [0.3, 0.4) is 0 Å². The highest BCUT2D eigenvalue weighted by atomic mass is 35.5. The molecule has 0 unspecified atom stereocenters. The molecule has 5 nitrogen and oxygen atoms in total. The van der Waals surface area contributed by atoms with Crippen LogP contribution in [0.2, 0.25) is 5.02 Å². The standard InChI is InChI=1S/C29H29ClN4OS/c1-18-19(2)34(23-9-7-8-22(30)16-23)20(3)26(18)28-27(25-10-5-6-15-31-25)32-29(36)33(28)17-21-11-13-24(35-4)14-12-21/h5-16,27-28H,17H2,1-4H3,(H,32,36)/t27-,28+/m0/s1. The van der Waals surface area contributed by atoms with Gasteiger partial charge in [0, 0.05) is 40.4 Å². The number of pyridine rings is 1. The minimum Gasteiger partial charge on any atom is -0.497 e. The zero-order valence-electron chi connectivity index (χ0n) is 20.8. The van der Waals surface area contributed by atoms with Crippen molar-refractivity contribution in [3.8, 4) is 11.4 Å². The van der Waals surface area contributed by atoms with Crippen LogP contribution in [0.15, 0.2) is 72.9 Å². The van der Waals surface area contributed by atoms with E-state index in [0.717, 1.165) is 32.8 Å². The first-order valence-electron chi connectivity index (χ1n) is 11.9. The number of benzene rings is 2. The zero-order valence-corrected chi connectivity index (χ0v) is 22.4. The molecule has 4 aromatic rings. The van der Waals surface area contributed by atoms with Crippen LogP contribution in [0.1, 0.15) is 45.9 Å². The van der Waals surface area contributed by atoms with Gasteiger partial charge < -0.3 is 19.5 Å². The number of aromatic nitrogens is 2. The summed E-state index contributed by atoms with van der Waals surface area (Å²) >= 11 is 12.3. The van der Waals surface area contributed by atoms with Crippen molar-refractivity contribution >= 4 is 28.9 Å². The Hall–Kier alpha value is -3.35. The molecule has 0 aliphatic carbocycles. The van der Waals surface area contributed by atoms with Crippen molar-refractivity contribution in [1.29, 1.82) is 0 Å². The van der Waals surface area contributed by atoms with Gasteiger partial charge in [-0.25, -0.2) is 0 Å². The van der Waals surface area contributed by atoms with E-state index in [-0.39, 0.29) is 12.1 Å². The van der Waals surface area contributed by atoms with Gasteiger partial charge in [0.05, 0.1) is 24.9 Å². The third-order valence-corrected chi connectivity index (χ3v) is 7.67. The molecule has 184 valence electrons. The predicted octanol–water partition coefficient (Wildman–Crippen LogP) is 6.63. The summed E-state index contributed by atoms with van der Waals surface area (Å²) in [6.07, 6.45) is 1.84. The minimum absolute atomic E-state index is 0.0337. The number of rotatable bonds is 6. The molecule has 2 atom stereocenters. The second-order valence-electron chi connectivity index (χ2n) is 9.13. The lowest BCUT2D eigenvalue weighted by molar-refractivity contribution is 0.309. The van der Waals surface area contributed by atoms with Crippen LogP contribution in [0.5, 0.6) is 5.75 Å². The van der Waals surface area contributed by atoms with Crippen molar-refractivity contribution in [2.45, 2.75) is 39.4 Å². The summed E-state index contributed by atoms with van der Waals surface area (Å²) in [6.45, 7) is 7.21. The van der Waals surface area contributed by atoms with Crippen molar-refractivity contribution in [2.75, 3.05) is 7.11 Å². The first kappa shape index (κ1) is 24.3. The van der Waals surface area contributed by atoms with Gasteiger partial charge in [-0.15, -0.1) is 0 Å². The summed E-state index contributed by atoms with van der Waals surface area (Å²) in [4.78, 5) is 6.99. The molecular weight excluding hydrogens is 488 g/mol. The molecule has 0 saturated carbocycles.